The number of hydrogen-bond acceptors (Lipinski definition) is 4. The smallest absolute Gasteiger partial charge is 0.309 e. The fraction of sp³-hybridized carbons (Fsp3) is 0.556. The molecule has 1 unspecified atom stereocenters. The van der Waals surface area contributed by atoms with Crippen molar-refractivity contribution in [2.75, 3.05) is 19.7 Å². The van der Waals surface area contributed by atoms with E-state index in [-0.39, 0.29) is 17.8 Å². The van der Waals surface area contributed by atoms with E-state index in [0.717, 1.165) is 5.56 Å². The van der Waals surface area contributed by atoms with Crippen LogP contribution in [0.3, 0.4) is 0 Å². The number of amides is 1. The van der Waals surface area contributed by atoms with Gasteiger partial charge >= 0.3 is 5.97 Å². The number of ether oxygens (including phenoxy) is 2. The van der Waals surface area contributed by atoms with Gasteiger partial charge in [0.05, 0.1) is 12.5 Å². The van der Waals surface area contributed by atoms with Gasteiger partial charge < -0.3 is 14.4 Å². The third-order valence-electron chi connectivity index (χ3n) is 4.08. The third kappa shape index (κ3) is 4.71. The van der Waals surface area contributed by atoms with E-state index >= 15 is 0 Å². The van der Waals surface area contributed by atoms with E-state index in [4.69, 9.17) is 9.47 Å². The zero-order chi connectivity index (χ0) is 16.8. The molecule has 0 radical (unpaired) electrons. The highest BCUT2D eigenvalue weighted by Gasteiger charge is 2.30. The Morgan fingerprint density at radius 1 is 1.30 bits per heavy atom. The van der Waals surface area contributed by atoms with Crippen LogP contribution in [0, 0.1) is 12.8 Å². The van der Waals surface area contributed by atoms with Gasteiger partial charge in [-0.2, -0.15) is 0 Å². The van der Waals surface area contributed by atoms with Crippen molar-refractivity contribution in [3.05, 3.63) is 29.8 Å². The summed E-state index contributed by atoms with van der Waals surface area (Å²) < 4.78 is 10.8. The molecule has 5 heteroatoms. The van der Waals surface area contributed by atoms with Gasteiger partial charge in [-0.25, -0.2) is 0 Å². The SMILES string of the molecule is CCOC(=O)C1CCN(C(=O)C(C)Oc2cccc(C)c2)CC1. The van der Waals surface area contributed by atoms with Crippen LogP contribution in [0.25, 0.3) is 0 Å². The van der Waals surface area contributed by atoms with Crippen LogP contribution in [-0.2, 0) is 14.3 Å². The van der Waals surface area contributed by atoms with Gasteiger partial charge in [0.15, 0.2) is 6.10 Å². The fourth-order valence-electron chi connectivity index (χ4n) is 2.80. The van der Waals surface area contributed by atoms with E-state index < -0.39 is 6.10 Å². The number of carbonyl (C=O) groups excluding carboxylic acids is 2. The van der Waals surface area contributed by atoms with Crippen molar-refractivity contribution in [2.45, 2.75) is 39.7 Å². The van der Waals surface area contributed by atoms with E-state index in [9.17, 15) is 9.59 Å². The highest BCUT2D eigenvalue weighted by atomic mass is 16.5. The van der Waals surface area contributed by atoms with Crippen LogP contribution in [-0.4, -0.2) is 42.6 Å². The van der Waals surface area contributed by atoms with Crippen LogP contribution in [0.15, 0.2) is 24.3 Å². The lowest BCUT2D eigenvalue weighted by molar-refractivity contribution is -0.152. The van der Waals surface area contributed by atoms with Crippen LogP contribution >= 0.6 is 0 Å². The number of piperidine rings is 1. The summed E-state index contributed by atoms with van der Waals surface area (Å²) in [5.74, 6) is 0.428. The van der Waals surface area contributed by atoms with Crippen molar-refractivity contribution in [3.8, 4) is 5.75 Å². The molecule has 1 fully saturated rings. The molecule has 0 saturated carbocycles. The van der Waals surface area contributed by atoms with Crippen molar-refractivity contribution >= 4 is 11.9 Å². The maximum Gasteiger partial charge on any atom is 0.309 e. The molecule has 0 N–H and O–H groups in total. The van der Waals surface area contributed by atoms with Gasteiger partial charge in [-0.3, -0.25) is 9.59 Å². The minimum atomic E-state index is -0.532. The second-order valence-electron chi connectivity index (χ2n) is 5.93. The number of hydrogen-bond donors (Lipinski definition) is 0. The molecule has 1 aromatic rings. The van der Waals surface area contributed by atoms with E-state index in [1.165, 1.54) is 0 Å². The summed E-state index contributed by atoms with van der Waals surface area (Å²) in [5.41, 5.74) is 1.09. The van der Waals surface area contributed by atoms with Gasteiger partial charge in [0.2, 0.25) is 0 Å². The Kier molecular flexibility index (Phi) is 6.02. The molecular formula is C18H25NO4. The highest BCUT2D eigenvalue weighted by Crippen LogP contribution is 2.21. The Hall–Kier alpha value is -2.04. The van der Waals surface area contributed by atoms with Crippen molar-refractivity contribution in [1.82, 2.24) is 4.90 Å². The van der Waals surface area contributed by atoms with Crippen molar-refractivity contribution in [2.24, 2.45) is 5.92 Å². The average Bonchev–Trinajstić information content (AvgIpc) is 2.54. The monoisotopic (exact) mass is 319 g/mol. The Balaban J connectivity index is 1.85. The highest BCUT2D eigenvalue weighted by molar-refractivity contribution is 5.81. The molecule has 1 aliphatic heterocycles. The minimum Gasteiger partial charge on any atom is -0.481 e. The standard InChI is InChI=1S/C18H25NO4/c1-4-22-18(21)15-8-10-19(11-9-15)17(20)14(3)23-16-7-5-6-13(2)12-16/h5-7,12,14-15H,4,8-11H2,1-3H3. The molecule has 5 nitrogen and oxygen atoms in total. The first kappa shape index (κ1) is 17.3. The number of carbonyl (C=O) groups is 2. The Bertz CT molecular complexity index is 550. The number of aryl methyl sites for hydroxylation is 1. The topological polar surface area (TPSA) is 55.8 Å². The number of esters is 1. The molecule has 1 heterocycles. The summed E-state index contributed by atoms with van der Waals surface area (Å²) in [5, 5.41) is 0. The van der Waals surface area contributed by atoms with Gasteiger partial charge in [-0.1, -0.05) is 12.1 Å². The quantitative estimate of drug-likeness (QED) is 0.783. The molecule has 0 aromatic heterocycles. The first-order valence-electron chi connectivity index (χ1n) is 8.20. The molecule has 1 saturated heterocycles. The molecule has 0 aliphatic carbocycles. The summed E-state index contributed by atoms with van der Waals surface area (Å²) in [6.07, 6.45) is 0.777. The maximum absolute atomic E-state index is 12.5. The summed E-state index contributed by atoms with van der Waals surface area (Å²) >= 11 is 0. The van der Waals surface area contributed by atoms with Crippen LogP contribution in [0.5, 0.6) is 5.75 Å². The summed E-state index contributed by atoms with van der Waals surface area (Å²) in [4.78, 5) is 26.0. The molecule has 23 heavy (non-hydrogen) atoms. The lowest BCUT2D eigenvalue weighted by Crippen LogP contribution is -2.45. The predicted octanol–water partition coefficient (Wildman–Crippen LogP) is 2.56. The normalized spacial score (nSPS) is 16.7. The first-order chi connectivity index (χ1) is 11.0. The van der Waals surface area contributed by atoms with Gasteiger partial charge in [-0.15, -0.1) is 0 Å². The second kappa shape index (κ2) is 7.99. The summed E-state index contributed by atoms with van der Waals surface area (Å²) in [6.45, 7) is 7.11. The molecule has 0 bridgehead atoms. The van der Waals surface area contributed by atoms with Gasteiger partial charge in [0.25, 0.3) is 5.91 Å². The summed E-state index contributed by atoms with van der Waals surface area (Å²) in [7, 11) is 0. The lowest BCUT2D eigenvalue weighted by Gasteiger charge is -2.32. The van der Waals surface area contributed by atoms with Crippen LogP contribution in [0.1, 0.15) is 32.3 Å². The fourth-order valence-corrected chi connectivity index (χ4v) is 2.80. The molecule has 1 atom stereocenters. The van der Waals surface area contributed by atoms with E-state index in [0.29, 0.717) is 38.3 Å². The average molecular weight is 319 g/mol. The van der Waals surface area contributed by atoms with E-state index in [1.807, 2.05) is 31.2 Å². The molecule has 1 aliphatic rings. The Labute approximate surface area is 137 Å². The van der Waals surface area contributed by atoms with Crippen molar-refractivity contribution < 1.29 is 19.1 Å². The number of nitrogens with zero attached hydrogens (tertiary/aromatic N) is 1. The predicted molar refractivity (Wildman–Crippen MR) is 87.2 cm³/mol. The molecular weight excluding hydrogens is 294 g/mol. The van der Waals surface area contributed by atoms with E-state index in [1.54, 1.807) is 18.7 Å². The lowest BCUT2D eigenvalue weighted by atomic mass is 9.97. The van der Waals surface area contributed by atoms with Crippen LogP contribution < -0.4 is 4.74 Å². The molecule has 1 amide bonds. The third-order valence-corrected chi connectivity index (χ3v) is 4.08. The summed E-state index contributed by atoms with van der Waals surface area (Å²) in [6, 6.07) is 7.66. The van der Waals surface area contributed by atoms with Crippen LogP contribution in [0.2, 0.25) is 0 Å². The largest absolute Gasteiger partial charge is 0.481 e. The van der Waals surface area contributed by atoms with E-state index in [2.05, 4.69) is 0 Å². The first-order valence-corrected chi connectivity index (χ1v) is 8.20. The Morgan fingerprint density at radius 2 is 2.00 bits per heavy atom. The molecule has 2 rings (SSSR count). The molecule has 1 aromatic carbocycles. The van der Waals surface area contributed by atoms with Gasteiger partial charge in [0.1, 0.15) is 5.75 Å². The van der Waals surface area contributed by atoms with Crippen molar-refractivity contribution in [1.29, 1.82) is 0 Å². The molecule has 126 valence electrons. The number of rotatable bonds is 5. The number of benzene rings is 1. The van der Waals surface area contributed by atoms with Gasteiger partial charge in [0, 0.05) is 13.1 Å². The molecule has 0 spiro atoms. The van der Waals surface area contributed by atoms with Crippen LogP contribution in [0.4, 0.5) is 0 Å². The Morgan fingerprint density at radius 3 is 2.61 bits per heavy atom. The second-order valence-corrected chi connectivity index (χ2v) is 5.93. The van der Waals surface area contributed by atoms with Gasteiger partial charge in [-0.05, 0) is 51.3 Å². The maximum atomic E-state index is 12.5. The minimum absolute atomic E-state index is 0.0335. The zero-order valence-electron chi connectivity index (χ0n) is 14.1. The van der Waals surface area contributed by atoms with Crippen molar-refractivity contribution in [3.63, 3.8) is 0 Å². The number of likely N-dealkylation sites (tertiary alicyclic amines) is 1. The zero-order valence-corrected chi connectivity index (χ0v) is 14.1.